The van der Waals surface area contributed by atoms with Gasteiger partial charge in [-0.15, -0.1) is 0 Å². The van der Waals surface area contributed by atoms with Gasteiger partial charge in [0.2, 0.25) is 0 Å². The Labute approximate surface area is 129 Å². The van der Waals surface area contributed by atoms with Crippen LogP contribution in [0.25, 0.3) is 43.5 Å². The van der Waals surface area contributed by atoms with E-state index in [1.165, 1.54) is 12.1 Å². The SMILES string of the molecule is O=c1ccc2c(c1)oc1cccc3c(=O)c4ccccc4c2c13. The van der Waals surface area contributed by atoms with E-state index in [0.717, 1.165) is 21.5 Å². The maximum atomic E-state index is 12.8. The van der Waals surface area contributed by atoms with E-state index in [9.17, 15) is 9.59 Å². The molecule has 0 amide bonds. The van der Waals surface area contributed by atoms with Crippen molar-refractivity contribution in [2.75, 3.05) is 0 Å². The van der Waals surface area contributed by atoms with Crippen LogP contribution in [-0.2, 0) is 0 Å². The summed E-state index contributed by atoms with van der Waals surface area (Å²) >= 11 is 0. The van der Waals surface area contributed by atoms with Crippen molar-refractivity contribution in [2.45, 2.75) is 0 Å². The summed E-state index contributed by atoms with van der Waals surface area (Å²) in [6.07, 6.45) is 0. The Kier molecular flexibility index (Phi) is 2.24. The van der Waals surface area contributed by atoms with Crippen molar-refractivity contribution in [3.8, 4) is 0 Å². The lowest BCUT2D eigenvalue weighted by Gasteiger charge is -2.11. The van der Waals surface area contributed by atoms with Crippen LogP contribution in [-0.4, -0.2) is 0 Å². The Morgan fingerprint density at radius 1 is 0.609 bits per heavy atom. The Bertz CT molecular complexity index is 1350. The lowest BCUT2D eigenvalue weighted by molar-refractivity contribution is 0.661. The molecular weight excluding hydrogens is 288 g/mol. The molecule has 0 aliphatic rings. The van der Waals surface area contributed by atoms with Gasteiger partial charge in [0, 0.05) is 33.0 Å². The van der Waals surface area contributed by atoms with Crippen LogP contribution in [0.15, 0.2) is 74.7 Å². The quantitative estimate of drug-likeness (QED) is 0.320. The van der Waals surface area contributed by atoms with Crippen LogP contribution in [0.2, 0.25) is 0 Å². The Hall–Kier alpha value is -3.20. The number of rotatable bonds is 0. The molecular formula is C20H10O3. The molecule has 0 N–H and O–H groups in total. The Morgan fingerprint density at radius 2 is 1.39 bits per heavy atom. The van der Waals surface area contributed by atoms with Crippen LogP contribution >= 0.6 is 0 Å². The van der Waals surface area contributed by atoms with Gasteiger partial charge in [0.05, 0.1) is 0 Å². The molecule has 0 spiro atoms. The molecule has 4 aromatic carbocycles. The molecule has 0 saturated carbocycles. The van der Waals surface area contributed by atoms with Crippen molar-refractivity contribution in [1.29, 1.82) is 0 Å². The summed E-state index contributed by atoms with van der Waals surface area (Å²) in [6, 6.07) is 17.9. The molecule has 0 saturated heterocycles. The number of fused-ring (bicyclic) bond motifs is 4. The lowest BCUT2D eigenvalue weighted by Crippen LogP contribution is -2.04. The Balaban J connectivity index is 2.30. The van der Waals surface area contributed by atoms with Gasteiger partial charge in [-0.2, -0.15) is 0 Å². The van der Waals surface area contributed by atoms with Gasteiger partial charge >= 0.3 is 0 Å². The maximum Gasteiger partial charge on any atom is 0.194 e. The second-order valence-electron chi connectivity index (χ2n) is 5.69. The van der Waals surface area contributed by atoms with Gasteiger partial charge in [0.25, 0.3) is 0 Å². The molecule has 0 unspecified atom stereocenters. The van der Waals surface area contributed by atoms with Crippen molar-refractivity contribution < 1.29 is 4.42 Å². The molecule has 23 heavy (non-hydrogen) atoms. The maximum absolute atomic E-state index is 12.8. The van der Waals surface area contributed by atoms with Gasteiger partial charge in [-0.25, -0.2) is 0 Å². The van der Waals surface area contributed by atoms with E-state index < -0.39 is 0 Å². The fraction of sp³-hybridized carbons (Fsp3) is 0. The van der Waals surface area contributed by atoms with Crippen LogP contribution in [0.1, 0.15) is 0 Å². The third kappa shape index (κ3) is 1.53. The highest BCUT2D eigenvalue weighted by Gasteiger charge is 2.15. The molecule has 0 aliphatic carbocycles. The summed E-state index contributed by atoms with van der Waals surface area (Å²) in [4.78, 5) is 24.5. The van der Waals surface area contributed by atoms with Gasteiger partial charge in [0.15, 0.2) is 10.9 Å². The highest BCUT2D eigenvalue weighted by molar-refractivity contribution is 6.27. The molecule has 0 atom stereocenters. The minimum atomic E-state index is -0.0934. The van der Waals surface area contributed by atoms with E-state index in [-0.39, 0.29) is 10.9 Å². The van der Waals surface area contributed by atoms with E-state index >= 15 is 0 Å². The zero-order valence-electron chi connectivity index (χ0n) is 12.0. The first-order valence-corrected chi connectivity index (χ1v) is 7.38. The summed E-state index contributed by atoms with van der Waals surface area (Å²) in [6.45, 7) is 0. The first-order chi connectivity index (χ1) is 11.2. The molecule has 5 aromatic rings. The molecule has 1 heterocycles. The highest BCUT2D eigenvalue weighted by Crippen LogP contribution is 2.36. The zero-order chi connectivity index (χ0) is 15.6. The number of hydrogen-bond donors (Lipinski definition) is 0. The van der Waals surface area contributed by atoms with E-state index in [2.05, 4.69) is 0 Å². The van der Waals surface area contributed by atoms with Crippen LogP contribution in [0.4, 0.5) is 0 Å². The second-order valence-corrected chi connectivity index (χ2v) is 5.69. The van der Waals surface area contributed by atoms with Crippen LogP contribution < -0.4 is 10.9 Å². The normalized spacial score (nSPS) is 11.8. The third-order valence-corrected chi connectivity index (χ3v) is 4.40. The average molecular weight is 298 g/mol. The monoisotopic (exact) mass is 298 g/mol. The van der Waals surface area contributed by atoms with Gasteiger partial charge < -0.3 is 4.42 Å². The second kappa shape index (κ2) is 4.17. The van der Waals surface area contributed by atoms with Crippen molar-refractivity contribution in [2.24, 2.45) is 0 Å². The molecule has 0 radical (unpaired) electrons. The highest BCUT2D eigenvalue weighted by atomic mass is 16.3. The minimum absolute atomic E-state index is 0.00805. The predicted octanol–water partition coefficient (Wildman–Crippen LogP) is 4.05. The first-order valence-electron chi connectivity index (χ1n) is 7.38. The average Bonchev–Trinajstić information content (AvgIpc) is 2.58. The summed E-state index contributed by atoms with van der Waals surface area (Å²) < 4.78 is 5.90. The molecule has 108 valence electrons. The smallest absolute Gasteiger partial charge is 0.194 e. The zero-order valence-corrected chi connectivity index (χ0v) is 12.0. The fourth-order valence-electron chi connectivity index (χ4n) is 3.43. The third-order valence-electron chi connectivity index (χ3n) is 4.40. The van der Waals surface area contributed by atoms with Crippen molar-refractivity contribution in [1.82, 2.24) is 0 Å². The topological polar surface area (TPSA) is 47.3 Å². The van der Waals surface area contributed by atoms with Crippen molar-refractivity contribution in [3.63, 3.8) is 0 Å². The summed E-state index contributed by atoms with van der Waals surface area (Å²) in [7, 11) is 0. The lowest BCUT2D eigenvalue weighted by atomic mass is 9.95. The largest absolute Gasteiger partial charge is 0.456 e. The summed E-state index contributed by atoms with van der Waals surface area (Å²) in [5, 5.41) is 4.86. The van der Waals surface area contributed by atoms with Crippen molar-refractivity contribution in [3.05, 3.63) is 81.1 Å². The molecule has 3 nitrogen and oxygen atoms in total. The first kappa shape index (κ1) is 12.4. The van der Waals surface area contributed by atoms with E-state index in [1.807, 2.05) is 42.5 Å². The van der Waals surface area contributed by atoms with Gasteiger partial charge in [-0.05, 0) is 23.6 Å². The fourth-order valence-corrected chi connectivity index (χ4v) is 3.43. The van der Waals surface area contributed by atoms with Crippen molar-refractivity contribution >= 4 is 43.5 Å². The molecule has 0 bridgehead atoms. The van der Waals surface area contributed by atoms with Gasteiger partial charge in [-0.3, -0.25) is 9.59 Å². The minimum Gasteiger partial charge on any atom is -0.456 e. The molecule has 5 rings (SSSR count). The molecule has 0 fully saturated rings. The van der Waals surface area contributed by atoms with E-state index in [1.54, 1.807) is 6.07 Å². The summed E-state index contributed by atoms with van der Waals surface area (Å²) in [5.74, 6) is 0. The standard InChI is InChI=1S/C20H10O3/c21-11-8-9-14-17(10-11)23-16-7-3-6-15-19(16)18(14)12-4-1-2-5-13(12)20(15)22/h1-10H. The van der Waals surface area contributed by atoms with Crippen LogP contribution in [0, 0.1) is 0 Å². The van der Waals surface area contributed by atoms with E-state index in [0.29, 0.717) is 21.9 Å². The number of benzene rings is 4. The van der Waals surface area contributed by atoms with E-state index in [4.69, 9.17) is 4.42 Å². The van der Waals surface area contributed by atoms with Crippen LogP contribution in [0.3, 0.4) is 0 Å². The molecule has 0 aliphatic heterocycles. The molecule has 1 aromatic heterocycles. The van der Waals surface area contributed by atoms with Gasteiger partial charge in [-0.1, -0.05) is 36.4 Å². The summed E-state index contributed by atoms with van der Waals surface area (Å²) in [5.41, 5.74) is 1.08. The van der Waals surface area contributed by atoms with Gasteiger partial charge in [0.1, 0.15) is 11.2 Å². The number of hydrogen-bond acceptors (Lipinski definition) is 3. The Morgan fingerprint density at radius 3 is 2.26 bits per heavy atom. The molecule has 3 heteroatoms. The predicted molar refractivity (Wildman–Crippen MR) is 92.5 cm³/mol. The van der Waals surface area contributed by atoms with Crippen LogP contribution in [0.5, 0.6) is 0 Å².